The molecule has 9 heteroatoms. The third-order valence-corrected chi connectivity index (χ3v) is 5.13. The molecule has 0 unspecified atom stereocenters. The second-order valence-electron chi connectivity index (χ2n) is 5.13. The van der Waals surface area contributed by atoms with E-state index in [4.69, 9.17) is 20.4 Å². The number of carbonyl (C=O) groups excluding carboxylic acids is 1. The van der Waals surface area contributed by atoms with E-state index in [2.05, 4.69) is 15.5 Å². The molecule has 1 amide bonds. The van der Waals surface area contributed by atoms with Gasteiger partial charge >= 0.3 is 5.95 Å². The summed E-state index contributed by atoms with van der Waals surface area (Å²) in [5.41, 5.74) is 2.42. The van der Waals surface area contributed by atoms with Crippen molar-refractivity contribution in [2.24, 2.45) is 5.10 Å². The molecule has 0 saturated heterocycles. The minimum absolute atomic E-state index is 0.0548. The number of hydrazone groups is 1. The average molecular weight is 388 g/mol. The number of oxazole rings is 1. The Morgan fingerprint density at radius 2 is 2.15 bits per heavy atom. The highest BCUT2D eigenvalue weighted by molar-refractivity contribution is 7.21. The van der Waals surface area contributed by atoms with Gasteiger partial charge in [0.05, 0.1) is 17.5 Å². The number of halogens is 1. The lowest BCUT2D eigenvalue weighted by molar-refractivity contribution is 0.0959. The molecular formula is C17H10ClN3O4S. The van der Waals surface area contributed by atoms with Crippen LogP contribution in [0.1, 0.15) is 15.4 Å². The van der Waals surface area contributed by atoms with Gasteiger partial charge in [-0.1, -0.05) is 29.8 Å². The van der Waals surface area contributed by atoms with Crippen LogP contribution in [-0.4, -0.2) is 22.2 Å². The van der Waals surface area contributed by atoms with Crippen LogP contribution in [-0.2, 0) is 0 Å². The van der Waals surface area contributed by atoms with Gasteiger partial charge in [0, 0.05) is 10.1 Å². The van der Waals surface area contributed by atoms with Crippen LogP contribution in [0.2, 0.25) is 5.02 Å². The van der Waals surface area contributed by atoms with Gasteiger partial charge in [-0.25, -0.2) is 10.4 Å². The number of nitrogens with one attached hydrogen (secondary N) is 1. The second kappa shape index (κ2) is 6.66. The van der Waals surface area contributed by atoms with Gasteiger partial charge in [0.1, 0.15) is 4.88 Å². The van der Waals surface area contributed by atoms with Crippen molar-refractivity contribution < 1.29 is 18.7 Å². The molecule has 0 aliphatic carbocycles. The first kappa shape index (κ1) is 16.4. The maximum Gasteiger partial charge on any atom is 0.312 e. The van der Waals surface area contributed by atoms with E-state index >= 15 is 0 Å². The van der Waals surface area contributed by atoms with Crippen LogP contribution in [0.4, 0.5) is 0 Å². The summed E-state index contributed by atoms with van der Waals surface area (Å²) < 4.78 is 11.1. The highest BCUT2D eigenvalue weighted by Crippen LogP contribution is 2.35. The molecule has 0 saturated carbocycles. The molecule has 3 heterocycles. The van der Waals surface area contributed by atoms with E-state index in [9.17, 15) is 9.90 Å². The Hall–Kier alpha value is -3.10. The Balaban J connectivity index is 1.51. The zero-order valence-electron chi connectivity index (χ0n) is 13.0. The van der Waals surface area contributed by atoms with Crippen LogP contribution in [0.5, 0.6) is 5.95 Å². The second-order valence-corrected chi connectivity index (χ2v) is 6.56. The van der Waals surface area contributed by atoms with Crippen LogP contribution >= 0.6 is 22.9 Å². The van der Waals surface area contributed by atoms with Crippen LogP contribution in [0, 0.1) is 0 Å². The molecule has 0 aliphatic heterocycles. The van der Waals surface area contributed by atoms with Gasteiger partial charge in [-0.2, -0.15) is 5.10 Å². The van der Waals surface area contributed by atoms with Crippen LogP contribution < -0.4 is 5.43 Å². The van der Waals surface area contributed by atoms with E-state index in [0.29, 0.717) is 15.7 Å². The Morgan fingerprint density at radius 3 is 2.92 bits per heavy atom. The number of thiophene rings is 1. The first-order valence-corrected chi connectivity index (χ1v) is 8.57. The minimum Gasteiger partial charge on any atom is -0.479 e. The Bertz CT molecular complexity index is 1110. The molecule has 130 valence electrons. The standard InChI is InChI=1S/C17H10ClN3O4S/c18-13-9-4-1-2-6-12(9)26-14(13)15(22)21-19-8-10-17(23)25-16(20-10)11-5-3-7-24-11/h1-8,23H,(H,21,22). The summed E-state index contributed by atoms with van der Waals surface area (Å²) in [6.07, 6.45) is 2.63. The van der Waals surface area contributed by atoms with E-state index in [1.807, 2.05) is 24.3 Å². The molecule has 2 N–H and O–H groups in total. The molecule has 0 fully saturated rings. The van der Waals surface area contributed by atoms with E-state index in [-0.39, 0.29) is 11.6 Å². The van der Waals surface area contributed by atoms with Gasteiger partial charge < -0.3 is 13.9 Å². The highest BCUT2D eigenvalue weighted by atomic mass is 35.5. The Labute approximate surface area is 155 Å². The van der Waals surface area contributed by atoms with Crippen LogP contribution in [0.25, 0.3) is 21.7 Å². The number of hydrogen-bond donors (Lipinski definition) is 2. The summed E-state index contributed by atoms with van der Waals surface area (Å²) in [7, 11) is 0. The number of fused-ring (bicyclic) bond motifs is 1. The number of furan rings is 1. The van der Waals surface area contributed by atoms with Crippen molar-refractivity contribution >= 4 is 45.1 Å². The molecule has 7 nitrogen and oxygen atoms in total. The first-order chi connectivity index (χ1) is 12.6. The number of aromatic nitrogens is 1. The normalized spacial score (nSPS) is 11.4. The maximum absolute atomic E-state index is 12.3. The summed E-state index contributed by atoms with van der Waals surface area (Å²) >= 11 is 7.52. The summed E-state index contributed by atoms with van der Waals surface area (Å²) in [5.74, 6) is -0.426. The molecule has 0 bridgehead atoms. The molecule has 4 aromatic rings. The average Bonchev–Trinajstić information content (AvgIpc) is 3.35. The summed E-state index contributed by atoms with van der Waals surface area (Å²) in [4.78, 5) is 16.7. The van der Waals surface area contributed by atoms with Crippen molar-refractivity contribution in [2.45, 2.75) is 0 Å². The number of hydrogen-bond acceptors (Lipinski definition) is 7. The largest absolute Gasteiger partial charge is 0.479 e. The monoisotopic (exact) mass is 387 g/mol. The van der Waals surface area contributed by atoms with Crippen LogP contribution in [0.15, 0.2) is 56.6 Å². The number of carbonyl (C=O) groups is 1. The predicted octanol–water partition coefficient (Wildman–Crippen LogP) is 4.27. The van der Waals surface area contributed by atoms with E-state index in [0.717, 1.165) is 10.1 Å². The number of aromatic hydroxyl groups is 1. The molecular weight excluding hydrogens is 378 g/mol. The van der Waals surface area contributed by atoms with Gasteiger partial charge in [-0.15, -0.1) is 11.3 Å². The first-order valence-electron chi connectivity index (χ1n) is 7.37. The zero-order chi connectivity index (χ0) is 18.1. The molecule has 26 heavy (non-hydrogen) atoms. The maximum atomic E-state index is 12.3. The van der Waals surface area contributed by atoms with Crippen molar-refractivity contribution in [3.8, 4) is 17.6 Å². The fourth-order valence-corrected chi connectivity index (χ4v) is 3.68. The summed E-state index contributed by atoms with van der Waals surface area (Å²) in [6, 6.07) is 10.8. The quantitative estimate of drug-likeness (QED) is 0.402. The molecule has 0 radical (unpaired) electrons. The molecule has 0 spiro atoms. The Morgan fingerprint density at radius 1 is 1.31 bits per heavy atom. The third kappa shape index (κ3) is 2.96. The van der Waals surface area contributed by atoms with E-state index in [1.54, 1.807) is 12.1 Å². The predicted molar refractivity (Wildman–Crippen MR) is 97.8 cm³/mol. The number of amides is 1. The van der Waals surface area contributed by atoms with Gasteiger partial charge in [0.2, 0.25) is 0 Å². The molecule has 1 aromatic carbocycles. The van der Waals surface area contributed by atoms with Gasteiger partial charge in [0.25, 0.3) is 11.8 Å². The fraction of sp³-hybridized carbons (Fsp3) is 0. The number of nitrogens with zero attached hydrogens (tertiary/aromatic N) is 2. The topological polar surface area (TPSA) is 101 Å². The van der Waals surface area contributed by atoms with Gasteiger partial charge in [-0.3, -0.25) is 4.79 Å². The van der Waals surface area contributed by atoms with Crippen molar-refractivity contribution in [3.05, 3.63) is 58.3 Å². The number of benzene rings is 1. The van der Waals surface area contributed by atoms with Gasteiger partial charge in [-0.05, 0) is 18.2 Å². The van der Waals surface area contributed by atoms with Crippen molar-refractivity contribution in [3.63, 3.8) is 0 Å². The lowest BCUT2D eigenvalue weighted by Crippen LogP contribution is -2.16. The molecule has 0 aliphatic rings. The summed E-state index contributed by atoms with van der Waals surface area (Å²) in [5, 5.41) is 14.7. The fourth-order valence-electron chi connectivity index (χ4n) is 2.28. The SMILES string of the molecule is O=C(NN=Cc1nc(-c2ccco2)oc1O)c1sc2ccccc2c1Cl. The summed E-state index contributed by atoms with van der Waals surface area (Å²) in [6.45, 7) is 0. The van der Waals surface area contributed by atoms with E-state index < -0.39 is 11.9 Å². The smallest absolute Gasteiger partial charge is 0.312 e. The van der Waals surface area contributed by atoms with Crippen molar-refractivity contribution in [2.75, 3.05) is 0 Å². The highest BCUT2D eigenvalue weighted by Gasteiger charge is 2.17. The van der Waals surface area contributed by atoms with Crippen LogP contribution in [0.3, 0.4) is 0 Å². The third-order valence-electron chi connectivity index (χ3n) is 3.46. The number of rotatable bonds is 4. The minimum atomic E-state index is -0.457. The van der Waals surface area contributed by atoms with Crippen molar-refractivity contribution in [1.29, 1.82) is 0 Å². The molecule has 3 aromatic heterocycles. The van der Waals surface area contributed by atoms with E-state index in [1.165, 1.54) is 23.8 Å². The zero-order valence-corrected chi connectivity index (χ0v) is 14.5. The lowest BCUT2D eigenvalue weighted by Gasteiger charge is -1.96. The lowest BCUT2D eigenvalue weighted by atomic mass is 10.2. The van der Waals surface area contributed by atoms with Crippen molar-refractivity contribution in [1.82, 2.24) is 10.4 Å². The Kier molecular flexibility index (Phi) is 4.19. The van der Waals surface area contributed by atoms with Gasteiger partial charge in [0.15, 0.2) is 11.5 Å². The molecule has 4 rings (SSSR count). The molecule has 0 atom stereocenters.